The molecule has 1 aliphatic carbocycles. The minimum absolute atomic E-state index is 0.113. The summed E-state index contributed by atoms with van der Waals surface area (Å²) in [6, 6.07) is -0.681. The highest BCUT2D eigenvalue weighted by molar-refractivity contribution is 5.68. The Bertz CT molecular complexity index is 262. The Morgan fingerprint density at radius 3 is 2.19 bits per heavy atom. The van der Waals surface area contributed by atoms with Crippen LogP contribution in [-0.2, 0) is 4.74 Å². The van der Waals surface area contributed by atoms with E-state index in [0.29, 0.717) is 0 Å². The molecule has 0 heterocycles. The van der Waals surface area contributed by atoms with E-state index in [4.69, 9.17) is 4.74 Å². The third-order valence-electron chi connectivity index (χ3n) is 2.35. The van der Waals surface area contributed by atoms with Gasteiger partial charge in [-0.05, 0) is 27.2 Å². The Morgan fingerprint density at radius 1 is 1.25 bits per heavy atom. The van der Waals surface area contributed by atoms with Crippen LogP contribution in [0.15, 0.2) is 0 Å². The van der Waals surface area contributed by atoms with Crippen LogP contribution in [0.2, 0.25) is 0 Å². The minimum Gasteiger partial charge on any atom is -0.444 e. The van der Waals surface area contributed by atoms with E-state index >= 15 is 0 Å². The molecule has 16 heavy (non-hydrogen) atoms. The summed E-state index contributed by atoms with van der Waals surface area (Å²) in [7, 11) is 0. The third-order valence-corrected chi connectivity index (χ3v) is 2.35. The monoisotopic (exact) mass is 233 g/mol. The number of rotatable bonds is 1. The van der Waals surface area contributed by atoms with Gasteiger partial charge in [0.25, 0.3) is 0 Å². The van der Waals surface area contributed by atoms with Gasteiger partial charge in [0.2, 0.25) is 0 Å². The van der Waals surface area contributed by atoms with Crippen molar-refractivity contribution in [2.75, 3.05) is 0 Å². The van der Waals surface area contributed by atoms with E-state index in [1.807, 2.05) is 0 Å². The highest BCUT2D eigenvalue weighted by atomic mass is 16.6. The molecule has 1 fully saturated rings. The zero-order valence-electron chi connectivity index (χ0n) is 9.67. The number of amides is 1. The Kier molecular flexibility index (Phi) is 3.77. The molecule has 6 nitrogen and oxygen atoms in total. The molecule has 0 spiro atoms. The summed E-state index contributed by atoms with van der Waals surface area (Å²) in [5.41, 5.74) is -0.620. The summed E-state index contributed by atoms with van der Waals surface area (Å²) < 4.78 is 4.99. The van der Waals surface area contributed by atoms with Crippen LogP contribution >= 0.6 is 0 Å². The predicted octanol–water partition coefficient (Wildman–Crippen LogP) is -0.634. The fourth-order valence-corrected chi connectivity index (χ4v) is 1.61. The van der Waals surface area contributed by atoms with E-state index < -0.39 is 36.0 Å². The second-order valence-corrected chi connectivity index (χ2v) is 5.04. The lowest BCUT2D eigenvalue weighted by Gasteiger charge is -2.23. The number of alkyl carbamates (subject to hydrolysis) is 1. The van der Waals surface area contributed by atoms with E-state index in [1.54, 1.807) is 20.8 Å². The molecular formula is C10H19NO5. The quantitative estimate of drug-likeness (QED) is 0.483. The molecule has 0 aromatic heterocycles. The van der Waals surface area contributed by atoms with Crippen molar-refractivity contribution >= 4 is 6.09 Å². The van der Waals surface area contributed by atoms with Crippen LogP contribution < -0.4 is 5.32 Å². The highest BCUT2D eigenvalue weighted by Gasteiger charge is 2.41. The summed E-state index contributed by atoms with van der Waals surface area (Å²) in [5, 5.41) is 30.5. The van der Waals surface area contributed by atoms with Crippen LogP contribution in [0.5, 0.6) is 0 Å². The molecule has 0 radical (unpaired) electrons. The van der Waals surface area contributed by atoms with E-state index in [1.165, 1.54) is 0 Å². The Morgan fingerprint density at radius 2 is 1.81 bits per heavy atom. The molecule has 1 rings (SSSR count). The topological polar surface area (TPSA) is 99.0 Å². The summed E-state index contributed by atoms with van der Waals surface area (Å²) in [5.74, 6) is 0. The van der Waals surface area contributed by atoms with Gasteiger partial charge in [0.05, 0.1) is 12.1 Å². The number of aliphatic hydroxyl groups is 3. The lowest BCUT2D eigenvalue weighted by Crippen LogP contribution is -2.45. The maximum Gasteiger partial charge on any atom is 0.407 e. The molecule has 1 saturated carbocycles. The van der Waals surface area contributed by atoms with Crippen molar-refractivity contribution in [2.24, 2.45) is 0 Å². The smallest absolute Gasteiger partial charge is 0.407 e. The maximum absolute atomic E-state index is 11.4. The zero-order chi connectivity index (χ0) is 12.5. The number of ether oxygens (including phenoxy) is 1. The van der Waals surface area contributed by atoms with Gasteiger partial charge in [-0.25, -0.2) is 4.79 Å². The first-order chi connectivity index (χ1) is 7.20. The average molecular weight is 233 g/mol. The first-order valence-electron chi connectivity index (χ1n) is 5.24. The summed E-state index contributed by atoms with van der Waals surface area (Å²) >= 11 is 0. The van der Waals surface area contributed by atoms with Gasteiger partial charge in [0, 0.05) is 0 Å². The normalized spacial score (nSPS) is 34.9. The third kappa shape index (κ3) is 3.33. The molecule has 4 N–H and O–H groups in total. The van der Waals surface area contributed by atoms with Gasteiger partial charge in [0.1, 0.15) is 17.8 Å². The van der Waals surface area contributed by atoms with Crippen molar-refractivity contribution < 1.29 is 24.9 Å². The lowest BCUT2D eigenvalue weighted by molar-refractivity contribution is -0.0232. The van der Waals surface area contributed by atoms with Crippen molar-refractivity contribution in [3.05, 3.63) is 0 Å². The number of carbonyl (C=O) groups is 1. The zero-order valence-corrected chi connectivity index (χ0v) is 9.67. The standard InChI is InChI=1S/C10H19NO5/c1-10(2,3)16-9(15)11-5-4-6(12)8(14)7(5)13/h5-8,12-14H,4H2,1-3H3,(H,11,15)/t5-,6+,7+,8-/m1/s1. The fourth-order valence-electron chi connectivity index (χ4n) is 1.61. The SMILES string of the molecule is CC(C)(C)OC(=O)N[C@@H]1C[C@H](O)[C@@H](O)[C@H]1O. The first kappa shape index (κ1) is 13.2. The number of nitrogens with one attached hydrogen (secondary N) is 1. The van der Waals surface area contributed by atoms with Gasteiger partial charge in [-0.15, -0.1) is 0 Å². The maximum atomic E-state index is 11.4. The molecule has 0 unspecified atom stereocenters. The van der Waals surface area contributed by atoms with Crippen LogP contribution in [0.3, 0.4) is 0 Å². The second kappa shape index (κ2) is 4.57. The van der Waals surface area contributed by atoms with Gasteiger partial charge < -0.3 is 25.4 Å². The van der Waals surface area contributed by atoms with E-state index in [0.717, 1.165) is 0 Å². The lowest BCUT2D eigenvalue weighted by atomic mass is 10.2. The highest BCUT2D eigenvalue weighted by Crippen LogP contribution is 2.21. The molecule has 1 aliphatic rings. The van der Waals surface area contributed by atoms with Crippen LogP contribution in [0, 0.1) is 0 Å². The Labute approximate surface area is 94.2 Å². The molecule has 0 saturated heterocycles. The number of hydrogen-bond acceptors (Lipinski definition) is 5. The predicted molar refractivity (Wildman–Crippen MR) is 55.8 cm³/mol. The molecule has 4 atom stereocenters. The van der Waals surface area contributed by atoms with Gasteiger partial charge in [-0.2, -0.15) is 0 Å². The van der Waals surface area contributed by atoms with Gasteiger partial charge in [-0.3, -0.25) is 0 Å². The van der Waals surface area contributed by atoms with Crippen LogP contribution in [-0.4, -0.2) is 51.4 Å². The summed E-state index contributed by atoms with van der Waals surface area (Å²) in [6.07, 6.45) is -3.96. The van der Waals surface area contributed by atoms with Gasteiger partial charge >= 0.3 is 6.09 Å². The van der Waals surface area contributed by atoms with Gasteiger partial charge in [0.15, 0.2) is 0 Å². The van der Waals surface area contributed by atoms with Crippen molar-refractivity contribution in [1.82, 2.24) is 5.32 Å². The average Bonchev–Trinajstić information content (AvgIpc) is 2.30. The second-order valence-electron chi connectivity index (χ2n) is 5.04. The van der Waals surface area contributed by atoms with Crippen molar-refractivity contribution in [2.45, 2.75) is 57.1 Å². The number of hydrogen-bond donors (Lipinski definition) is 4. The molecule has 0 aromatic carbocycles. The van der Waals surface area contributed by atoms with Crippen LogP contribution in [0.4, 0.5) is 4.79 Å². The molecule has 0 aromatic rings. The number of aliphatic hydroxyl groups excluding tert-OH is 3. The molecule has 0 bridgehead atoms. The molecule has 1 amide bonds. The Balaban J connectivity index is 2.47. The van der Waals surface area contributed by atoms with Crippen molar-refractivity contribution in [3.8, 4) is 0 Å². The minimum atomic E-state index is -1.22. The van der Waals surface area contributed by atoms with E-state index in [2.05, 4.69) is 5.32 Å². The molecule has 94 valence electrons. The summed E-state index contributed by atoms with van der Waals surface area (Å²) in [4.78, 5) is 11.4. The van der Waals surface area contributed by atoms with Crippen LogP contribution in [0.1, 0.15) is 27.2 Å². The molecular weight excluding hydrogens is 214 g/mol. The van der Waals surface area contributed by atoms with Crippen molar-refractivity contribution in [1.29, 1.82) is 0 Å². The molecule has 6 heteroatoms. The van der Waals surface area contributed by atoms with E-state index in [-0.39, 0.29) is 6.42 Å². The van der Waals surface area contributed by atoms with Crippen molar-refractivity contribution in [3.63, 3.8) is 0 Å². The van der Waals surface area contributed by atoms with Gasteiger partial charge in [-0.1, -0.05) is 0 Å². The fraction of sp³-hybridized carbons (Fsp3) is 0.900. The Hall–Kier alpha value is -0.850. The number of carbonyl (C=O) groups excluding carboxylic acids is 1. The van der Waals surface area contributed by atoms with E-state index in [9.17, 15) is 20.1 Å². The molecule has 0 aliphatic heterocycles. The first-order valence-corrected chi connectivity index (χ1v) is 5.24. The van der Waals surface area contributed by atoms with Crippen LogP contribution in [0.25, 0.3) is 0 Å². The largest absolute Gasteiger partial charge is 0.444 e. The summed E-state index contributed by atoms with van der Waals surface area (Å²) in [6.45, 7) is 5.17.